The van der Waals surface area contributed by atoms with E-state index in [9.17, 15) is 14.4 Å². The molecular formula is C24H29BrN4O4. The van der Waals surface area contributed by atoms with E-state index in [1.807, 2.05) is 37.5 Å². The summed E-state index contributed by atoms with van der Waals surface area (Å²) in [6.07, 6.45) is 1.62. The monoisotopic (exact) mass is 516 g/mol. The van der Waals surface area contributed by atoms with Gasteiger partial charge < -0.3 is 24.4 Å². The molecule has 1 saturated heterocycles. The fraction of sp³-hybridized carbons (Fsp3) is 0.458. The first kappa shape index (κ1) is 23.4. The van der Waals surface area contributed by atoms with E-state index in [4.69, 9.17) is 4.74 Å². The van der Waals surface area contributed by atoms with Crippen molar-refractivity contribution in [3.05, 3.63) is 46.6 Å². The Morgan fingerprint density at radius 2 is 1.97 bits per heavy atom. The molecule has 1 aromatic heterocycles. The maximum Gasteiger partial charge on any atom is 0.410 e. The Kier molecular flexibility index (Phi) is 6.26. The van der Waals surface area contributed by atoms with E-state index in [-0.39, 0.29) is 30.5 Å². The maximum atomic E-state index is 12.9. The molecular weight excluding hydrogens is 488 g/mol. The van der Waals surface area contributed by atoms with Gasteiger partial charge in [-0.25, -0.2) is 4.79 Å². The van der Waals surface area contributed by atoms with Gasteiger partial charge in [-0.3, -0.25) is 9.59 Å². The number of fused-ring (bicyclic) bond motifs is 3. The summed E-state index contributed by atoms with van der Waals surface area (Å²) in [5, 5.41) is 4.09. The molecule has 0 saturated carbocycles. The van der Waals surface area contributed by atoms with Crippen LogP contribution in [0.15, 0.2) is 35.3 Å². The summed E-state index contributed by atoms with van der Waals surface area (Å²) in [6.45, 7) is 11.1. The van der Waals surface area contributed by atoms with E-state index in [1.54, 1.807) is 9.80 Å². The quantitative estimate of drug-likeness (QED) is 0.632. The SMILES string of the molecule is C=CC(=O)N1CC(NC(=O)Cn2c3c(c4cc(Br)ccc42)CCN(C(=O)OC(C)(C)C)C3)C1. The fourth-order valence-corrected chi connectivity index (χ4v) is 4.74. The summed E-state index contributed by atoms with van der Waals surface area (Å²) >= 11 is 3.55. The number of likely N-dealkylation sites (tertiary alicyclic amines) is 1. The van der Waals surface area contributed by atoms with Crippen LogP contribution in [0.5, 0.6) is 0 Å². The zero-order chi connectivity index (χ0) is 23.9. The van der Waals surface area contributed by atoms with E-state index in [2.05, 4.69) is 33.9 Å². The van der Waals surface area contributed by atoms with Gasteiger partial charge in [0, 0.05) is 40.7 Å². The topological polar surface area (TPSA) is 83.9 Å². The van der Waals surface area contributed by atoms with Crippen molar-refractivity contribution in [1.82, 2.24) is 19.7 Å². The molecule has 0 radical (unpaired) electrons. The molecule has 4 rings (SSSR count). The van der Waals surface area contributed by atoms with Crippen molar-refractivity contribution in [2.75, 3.05) is 19.6 Å². The van der Waals surface area contributed by atoms with Crippen LogP contribution in [0.25, 0.3) is 10.9 Å². The molecule has 0 spiro atoms. The van der Waals surface area contributed by atoms with E-state index in [0.29, 0.717) is 32.6 Å². The van der Waals surface area contributed by atoms with E-state index >= 15 is 0 Å². The van der Waals surface area contributed by atoms with Crippen LogP contribution in [0.4, 0.5) is 4.79 Å². The first-order valence-electron chi connectivity index (χ1n) is 11.0. The molecule has 1 fully saturated rings. The Hall–Kier alpha value is -2.81. The van der Waals surface area contributed by atoms with Gasteiger partial charge in [-0.15, -0.1) is 0 Å². The lowest BCUT2D eigenvalue weighted by Gasteiger charge is -2.39. The third kappa shape index (κ3) is 4.93. The molecule has 1 aromatic carbocycles. The zero-order valence-electron chi connectivity index (χ0n) is 19.2. The van der Waals surface area contributed by atoms with Crippen molar-refractivity contribution in [2.45, 2.75) is 51.9 Å². The van der Waals surface area contributed by atoms with Crippen molar-refractivity contribution >= 4 is 44.7 Å². The summed E-state index contributed by atoms with van der Waals surface area (Å²) in [5.41, 5.74) is 2.50. The highest BCUT2D eigenvalue weighted by atomic mass is 79.9. The predicted octanol–water partition coefficient (Wildman–Crippen LogP) is 3.21. The molecule has 1 N–H and O–H groups in total. The first-order valence-corrected chi connectivity index (χ1v) is 11.8. The minimum atomic E-state index is -0.571. The number of aromatic nitrogens is 1. The highest BCUT2D eigenvalue weighted by Gasteiger charge is 2.32. The molecule has 9 heteroatoms. The van der Waals surface area contributed by atoms with E-state index in [0.717, 1.165) is 26.6 Å². The highest BCUT2D eigenvalue weighted by Crippen LogP contribution is 2.33. The summed E-state index contributed by atoms with van der Waals surface area (Å²) in [4.78, 5) is 40.6. The molecule has 2 aliphatic rings. The number of carbonyl (C=O) groups is 3. The standard InChI is InChI=1S/C24H29BrN4O4/c1-5-22(31)28-11-16(12-28)26-21(30)14-29-19-7-6-15(25)10-18(19)17-8-9-27(13-20(17)29)23(32)33-24(2,3)4/h5-7,10,16H,1,8-9,11-14H2,2-4H3,(H,26,30). The highest BCUT2D eigenvalue weighted by molar-refractivity contribution is 9.10. The van der Waals surface area contributed by atoms with Gasteiger partial charge in [0.2, 0.25) is 11.8 Å². The Morgan fingerprint density at radius 3 is 2.64 bits per heavy atom. The number of hydrogen-bond acceptors (Lipinski definition) is 4. The Bertz CT molecular complexity index is 1130. The third-order valence-corrected chi connectivity index (χ3v) is 6.40. The van der Waals surface area contributed by atoms with Crippen LogP contribution in [-0.2, 0) is 33.8 Å². The molecule has 3 heterocycles. The minimum absolute atomic E-state index is 0.0635. The summed E-state index contributed by atoms with van der Waals surface area (Å²) in [7, 11) is 0. The second-order valence-corrected chi connectivity index (χ2v) is 10.5. The molecule has 0 unspecified atom stereocenters. The molecule has 0 bridgehead atoms. The van der Waals surface area contributed by atoms with Crippen molar-refractivity contribution in [2.24, 2.45) is 0 Å². The first-order chi connectivity index (χ1) is 15.6. The van der Waals surface area contributed by atoms with Crippen LogP contribution in [0.2, 0.25) is 0 Å². The predicted molar refractivity (Wildman–Crippen MR) is 129 cm³/mol. The number of benzene rings is 1. The van der Waals surface area contributed by atoms with Gasteiger partial charge >= 0.3 is 6.09 Å². The number of ether oxygens (including phenoxy) is 1. The number of nitrogens with zero attached hydrogens (tertiary/aromatic N) is 3. The van der Waals surface area contributed by atoms with E-state index < -0.39 is 5.60 Å². The van der Waals surface area contributed by atoms with Crippen molar-refractivity contribution in [3.8, 4) is 0 Å². The van der Waals surface area contributed by atoms with Crippen molar-refractivity contribution < 1.29 is 19.1 Å². The average molecular weight is 517 g/mol. The normalized spacial score (nSPS) is 16.2. The van der Waals surface area contributed by atoms with Gasteiger partial charge in [0.15, 0.2) is 0 Å². The van der Waals surface area contributed by atoms with Gasteiger partial charge in [0.05, 0.1) is 12.6 Å². The van der Waals surface area contributed by atoms with Gasteiger partial charge in [0.25, 0.3) is 0 Å². The smallest absolute Gasteiger partial charge is 0.410 e. The summed E-state index contributed by atoms with van der Waals surface area (Å²) < 4.78 is 8.53. The molecule has 0 atom stereocenters. The number of nitrogens with one attached hydrogen (secondary N) is 1. The number of hydrogen-bond donors (Lipinski definition) is 1. The Balaban J connectivity index is 1.55. The molecule has 0 aliphatic carbocycles. The average Bonchev–Trinajstić information content (AvgIpc) is 3.00. The van der Waals surface area contributed by atoms with Crippen LogP contribution >= 0.6 is 15.9 Å². The zero-order valence-corrected chi connectivity index (χ0v) is 20.8. The lowest BCUT2D eigenvalue weighted by Crippen LogP contribution is -2.61. The lowest BCUT2D eigenvalue weighted by atomic mass is 10.0. The van der Waals surface area contributed by atoms with Crippen molar-refractivity contribution in [3.63, 3.8) is 0 Å². The molecule has 176 valence electrons. The molecule has 8 nitrogen and oxygen atoms in total. The summed E-state index contributed by atoms with van der Waals surface area (Å²) in [6, 6.07) is 5.96. The maximum absolute atomic E-state index is 12.9. The summed E-state index contributed by atoms with van der Waals surface area (Å²) in [5.74, 6) is -0.249. The second kappa shape index (κ2) is 8.85. The van der Waals surface area contributed by atoms with Crippen LogP contribution in [-0.4, -0.2) is 63.6 Å². The van der Waals surface area contributed by atoms with Gasteiger partial charge in [0.1, 0.15) is 12.1 Å². The van der Waals surface area contributed by atoms with Gasteiger partial charge in [-0.1, -0.05) is 22.5 Å². The molecule has 33 heavy (non-hydrogen) atoms. The van der Waals surface area contributed by atoms with Crippen molar-refractivity contribution in [1.29, 1.82) is 0 Å². The van der Waals surface area contributed by atoms with Gasteiger partial charge in [-0.2, -0.15) is 0 Å². The fourth-order valence-electron chi connectivity index (χ4n) is 4.37. The van der Waals surface area contributed by atoms with Gasteiger partial charge in [-0.05, 0) is 57.0 Å². The van der Waals surface area contributed by atoms with Crippen LogP contribution in [0.1, 0.15) is 32.0 Å². The second-order valence-electron chi connectivity index (χ2n) is 9.54. The third-order valence-electron chi connectivity index (χ3n) is 5.91. The molecule has 2 aliphatic heterocycles. The Labute approximate surface area is 201 Å². The van der Waals surface area contributed by atoms with Crippen LogP contribution < -0.4 is 5.32 Å². The number of carbonyl (C=O) groups excluding carboxylic acids is 3. The Morgan fingerprint density at radius 1 is 1.24 bits per heavy atom. The minimum Gasteiger partial charge on any atom is -0.444 e. The van der Waals surface area contributed by atoms with Crippen LogP contribution in [0, 0.1) is 0 Å². The largest absolute Gasteiger partial charge is 0.444 e. The number of amides is 3. The van der Waals surface area contributed by atoms with E-state index in [1.165, 1.54) is 6.08 Å². The lowest BCUT2D eigenvalue weighted by molar-refractivity contribution is -0.133. The van der Waals surface area contributed by atoms with Crippen LogP contribution in [0.3, 0.4) is 0 Å². The molecule has 3 amide bonds. The molecule has 2 aromatic rings. The number of rotatable bonds is 4. The number of halogens is 1.